The number of carbonyl (C=O) groups excluding carboxylic acids is 1. The lowest BCUT2D eigenvalue weighted by Crippen LogP contribution is -2.45. The third-order valence-corrected chi connectivity index (χ3v) is 3.85. The minimum Gasteiger partial charge on any atom is -0.481 e. The number of rotatable bonds is 7. The van der Waals surface area contributed by atoms with Gasteiger partial charge in [-0.25, -0.2) is 4.79 Å². The molecule has 0 radical (unpaired) electrons. The van der Waals surface area contributed by atoms with E-state index in [9.17, 15) is 14.7 Å². The summed E-state index contributed by atoms with van der Waals surface area (Å²) in [4.78, 5) is 24.7. The van der Waals surface area contributed by atoms with Crippen molar-refractivity contribution in [3.63, 3.8) is 0 Å². The third kappa shape index (κ3) is 5.10. The summed E-state index contributed by atoms with van der Waals surface area (Å²) in [5.41, 5.74) is 0.247. The molecule has 1 rings (SSSR count). The monoisotopic (exact) mass is 292 g/mol. The van der Waals surface area contributed by atoms with E-state index in [1.807, 2.05) is 30.3 Å². The van der Waals surface area contributed by atoms with Crippen LogP contribution in [0.1, 0.15) is 25.8 Å². The molecule has 1 aromatic carbocycles. The van der Waals surface area contributed by atoms with Crippen LogP contribution in [0.3, 0.4) is 0 Å². The molecule has 116 valence electrons. The number of nitrogens with one attached hydrogen (secondary N) is 1. The summed E-state index contributed by atoms with van der Waals surface area (Å²) in [6.07, 6.45) is 1.24. The first kappa shape index (κ1) is 17.0. The van der Waals surface area contributed by atoms with Crippen LogP contribution in [0, 0.1) is 5.41 Å². The van der Waals surface area contributed by atoms with E-state index in [2.05, 4.69) is 5.32 Å². The molecule has 0 aromatic heterocycles. The lowest BCUT2D eigenvalue weighted by molar-refractivity contribution is -0.147. The number of benzene rings is 1. The Balaban J connectivity index is 2.43. The predicted octanol–water partition coefficient (Wildman–Crippen LogP) is 2.37. The molecule has 5 nitrogen and oxygen atoms in total. The van der Waals surface area contributed by atoms with Crippen molar-refractivity contribution in [2.75, 3.05) is 20.1 Å². The smallest absolute Gasteiger partial charge is 0.317 e. The van der Waals surface area contributed by atoms with Gasteiger partial charge >= 0.3 is 12.0 Å². The number of nitrogens with zero attached hydrogens (tertiary/aromatic N) is 1. The van der Waals surface area contributed by atoms with Crippen molar-refractivity contribution in [2.24, 2.45) is 5.41 Å². The van der Waals surface area contributed by atoms with Crippen molar-refractivity contribution in [3.8, 4) is 0 Å². The molecule has 0 heterocycles. The standard InChI is InChI=1S/C16H24N2O3/c1-4-16(2,14(19)20)12-17-15(21)18(3)11-10-13-8-6-5-7-9-13/h5-9H,4,10-12H2,1-3H3,(H,17,21)(H,19,20). The Labute approximate surface area is 126 Å². The van der Waals surface area contributed by atoms with Crippen molar-refractivity contribution >= 4 is 12.0 Å². The van der Waals surface area contributed by atoms with Gasteiger partial charge in [0.05, 0.1) is 5.41 Å². The summed E-state index contributed by atoms with van der Waals surface area (Å²) in [5.74, 6) is -0.891. The highest BCUT2D eigenvalue weighted by molar-refractivity contribution is 5.77. The Morgan fingerprint density at radius 1 is 1.29 bits per heavy atom. The highest BCUT2D eigenvalue weighted by Crippen LogP contribution is 2.19. The van der Waals surface area contributed by atoms with Crippen LogP contribution in [-0.2, 0) is 11.2 Å². The van der Waals surface area contributed by atoms with Crippen molar-refractivity contribution in [1.82, 2.24) is 10.2 Å². The molecule has 2 amide bonds. The normalized spacial score (nSPS) is 13.3. The molecule has 0 aliphatic rings. The van der Waals surface area contributed by atoms with E-state index in [1.165, 1.54) is 5.56 Å². The lowest BCUT2D eigenvalue weighted by Gasteiger charge is -2.25. The number of hydrogen-bond donors (Lipinski definition) is 2. The first-order valence-electron chi connectivity index (χ1n) is 7.15. The molecule has 21 heavy (non-hydrogen) atoms. The van der Waals surface area contributed by atoms with Crippen LogP contribution in [-0.4, -0.2) is 42.1 Å². The number of aliphatic carboxylic acids is 1. The minimum absolute atomic E-state index is 0.132. The van der Waals surface area contributed by atoms with Crippen molar-refractivity contribution in [3.05, 3.63) is 35.9 Å². The maximum Gasteiger partial charge on any atom is 0.317 e. The average Bonchev–Trinajstić information content (AvgIpc) is 2.50. The third-order valence-electron chi connectivity index (χ3n) is 3.85. The topological polar surface area (TPSA) is 69.6 Å². The fourth-order valence-corrected chi connectivity index (χ4v) is 1.80. The summed E-state index contributed by atoms with van der Waals surface area (Å²) in [6.45, 7) is 4.16. The molecule has 5 heteroatoms. The Hall–Kier alpha value is -2.04. The summed E-state index contributed by atoms with van der Waals surface area (Å²) in [5, 5.41) is 11.9. The van der Waals surface area contributed by atoms with E-state index in [1.54, 1.807) is 25.8 Å². The number of hydrogen-bond acceptors (Lipinski definition) is 2. The van der Waals surface area contributed by atoms with E-state index in [-0.39, 0.29) is 12.6 Å². The second-order valence-electron chi connectivity index (χ2n) is 5.54. The van der Waals surface area contributed by atoms with E-state index in [0.717, 1.165) is 6.42 Å². The number of urea groups is 1. The Morgan fingerprint density at radius 3 is 2.43 bits per heavy atom. The predicted molar refractivity (Wildman–Crippen MR) is 82.2 cm³/mol. The van der Waals surface area contributed by atoms with Gasteiger partial charge in [-0.1, -0.05) is 37.3 Å². The molecule has 1 unspecified atom stereocenters. The second-order valence-corrected chi connectivity index (χ2v) is 5.54. The lowest BCUT2D eigenvalue weighted by atomic mass is 9.88. The molecule has 0 saturated heterocycles. The van der Waals surface area contributed by atoms with E-state index >= 15 is 0 Å². The number of carboxylic acids is 1. The zero-order valence-corrected chi connectivity index (χ0v) is 12.9. The molecule has 0 spiro atoms. The summed E-state index contributed by atoms with van der Waals surface area (Å²) in [7, 11) is 1.71. The van der Waals surface area contributed by atoms with Crippen LogP contribution in [0.5, 0.6) is 0 Å². The van der Waals surface area contributed by atoms with Gasteiger partial charge in [-0.05, 0) is 25.3 Å². The SMILES string of the molecule is CCC(C)(CNC(=O)N(C)CCc1ccccc1)C(=O)O. The highest BCUT2D eigenvalue weighted by atomic mass is 16.4. The molecular weight excluding hydrogens is 268 g/mol. The minimum atomic E-state index is -0.921. The molecular formula is C16H24N2O3. The fourth-order valence-electron chi connectivity index (χ4n) is 1.80. The van der Waals surface area contributed by atoms with Crippen LogP contribution >= 0.6 is 0 Å². The first-order chi connectivity index (χ1) is 9.89. The highest BCUT2D eigenvalue weighted by Gasteiger charge is 2.31. The molecule has 1 atom stereocenters. The number of amides is 2. The summed E-state index contributed by atoms with van der Waals surface area (Å²) < 4.78 is 0. The first-order valence-corrected chi connectivity index (χ1v) is 7.15. The zero-order valence-electron chi connectivity index (χ0n) is 12.9. The molecule has 0 saturated carbocycles. The van der Waals surface area contributed by atoms with Crippen molar-refractivity contribution in [1.29, 1.82) is 0 Å². The molecule has 0 fully saturated rings. The molecule has 2 N–H and O–H groups in total. The number of carboxylic acid groups (broad SMARTS) is 1. The molecule has 1 aromatic rings. The maximum atomic E-state index is 12.0. The van der Waals surface area contributed by atoms with Gasteiger partial charge in [0.1, 0.15) is 0 Å². The van der Waals surface area contributed by atoms with E-state index in [0.29, 0.717) is 13.0 Å². The van der Waals surface area contributed by atoms with Crippen LogP contribution in [0.2, 0.25) is 0 Å². The quantitative estimate of drug-likeness (QED) is 0.810. The van der Waals surface area contributed by atoms with Crippen LogP contribution in [0.15, 0.2) is 30.3 Å². The molecule has 0 aliphatic heterocycles. The maximum absolute atomic E-state index is 12.0. The summed E-state index contributed by atoms with van der Waals surface area (Å²) in [6, 6.07) is 9.68. The van der Waals surface area contributed by atoms with Gasteiger partial charge in [-0.2, -0.15) is 0 Å². The largest absolute Gasteiger partial charge is 0.481 e. The van der Waals surface area contributed by atoms with Gasteiger partial charge in [0.2, 0.25) is 0 Å². The fraction of sp³-hybridized carbons (Fsp3) is 0.500. The Kier molecular flexibility index (Phi) is 6.21. The zero-order chi connectivity index (χ0) is 15.9. The molecule has 0 bridgehead atoms. The van der Waals surface area contributed by atoms with Crippen LogP contribution in [0.4, 0.5) is 4.79 Å². The van der Waals surface area contributed by atoms with Gasteiger partial charge in [-0.3, -0.25) is 4.79 Å². The second kappa shape index (κ2) is 7.67. The van der Waals surface area contributed by atoms with Gasteiger partial charge < -0.3 is 15.3 Å². The Morgan fingerprint density at radius 2 is 1.90 bits per heavy atom. The Bertz CT molecular complexity index is 476. The van der Waals surface area contributed by atoms with E-state index in [4.69, 9.17) is 0 Å². The average molecular weight is 292 g/mol. The number of likely N-dealkylation sites (N-methyl/N-ethyl adjacent to an activating group) is 1. The van der Waals surface area contributed by atoms with Gasteiger partial charge in [0.15, 0.2) is 0 Å². The number of carbonyl (C=O) groups is 2. The molecule has 0 aliphatic carbocycles. The van der Waals surface area contributed by atoms with Crippen molar-refractivity contribution < 1.29 is 14.7 Å². The van der Waals surface area contributed by atoms with Crippen LogP contribution in [0.25, 0.3) is 0 Å². The summed E-state index contributed by atoms with van der Waals surface area (Å²) >= 11 is 0. The van der Waals surface area contributed by atoms with Gasteiger partial charge in [0.25, 0.3) is 0 Å². The van der Waals surface area contributed by atoms with Gasteiger partial charge in [0, 0.05) is 20.1 Å². The van der Waals surface area contributed by atoms with Crippen LogP contribution < -0.4 is 5.32 Å². The van der Waals surface area contributed by atoms with E-state index < -0.39 is 11.4 Å². The van der Waals surface area contributed by atoms with Crippen molar-refractivity contribution in [2.45, 2.75) is 26.7 Å². The van der Waals surface area contributed by atoms with Gasteiger partial charge in [-0.15, -0.1) is 0 Å².